The van der Waals surface area contributed by atoms with Gasteiger partial charge in [-0.1, -0.05) is 11.8 Å². The van der Waals surface area contributed by atoms with Crippen molar-refractivity contribution in [3.63, 3.8) is 0 Å². The van der Waals surface area contributed by atoms with E-state index in [0.29, 0.717) is 18.1 Å². The molecule has 4 unspecified atom stereocenters. The highest BCUT2D eigenvalue weighted by Crippen LogP contribution is 2.53. The number of esters is 2. The number of thioether (sulfide) groups is 1. The standard InChI is InChI=1S/C15H20O5S/c1-9(16)21-5-3-13(17)19-15-4-2-10-6-11(14(18)20-15)8-12(15)7-10/h10-12H,2-8H2,1H3. The van der Waals surface area contributed by atoms with E-state index in [1.165, 1.54) is 6.92 Å². The van der Waals surface area contributed by atoms with Crippen molar-refractivity contribution < 1.29 is 23.9 Å². The van der Waals surface area contributed by atoms with Crippen LogP contribution >= 0.6 is 11.8 Å². The Morgan fingerprint density at radius 3 is 2.95 bits per heavy atom. The first-order valence-corrected chi connectivity index (χ1v) is 8.55. The highest BCUT2D eigenvalue weighted by Gasteiger charge is 2.58. The Bertz CT molecular complexity index is 477. The molecular weight excluding hydrogens is 292 g/mol. The lowest BCUT2D eigenvalue weighted by Crippen LogP contribution is -2.58. The van der Waals surface area contributed by atoms with Gasteiger partial charge in [-0.15, -0.1) is 0 Å². The Balaban J connectivity index is 1.64. The number of hydrogen-bond acceptors (Lipinski definition) is 6. The maximum Gasteiger partial charge on any atom is 0.312 e. The van der Waals surface area contributed by atoms with Crippen molar-refractivity contribution in [3.8, 4) is 0 Å². The van der Waals surface area contributed by atoms with E-state index in [2.05, 4.69) is 0 Å². The summed E-state index contributed by atoms with van der Waals surface area (Å²) in [6, 6.07) is 0. The number of carbonyl (C=O) groups excluding carboxylic acids is 3. The number of carbonyl (C=O) groups is 3. The maximum atomic E-state index is 12.0. The summed E-state index contributed by atoms with van der Waals surface area (Å²) >= 11 is 1.11. The van der Waals surface area contributed by atoms with Crippen LogP contribution in [0.25, 0.3) is 0 Å². The molecule has 0 amide bonds. The Labute approximate surface area is 128 Å². The summed E-state index contributed by atoms with van der Waals surface area (Å²) in [4.78, 5) is 34.9. The molecule has 0 aromatic heterocycles. The van der Waals surface area contributed by atoms with Gasteiger partial charge in [-0.2, -0.15) is 0 Å². The second kappa shape index (κ2) is 5.63. The van der Waals surface area contributed by atoms with E-state index in [1.54, 1.807) is 0 Å². The van der Waals surface area contributed by atoms with Crippen LogP contribution in [0.15, 0.2) is 0 Å². The molecule has 5 nitrogen and oxygen atoms in total. The van der Waals surface area contributed by atoms with Crippen LogP contribution in [0.2, 0.25) is 0 Å². The molecule has 3 fully saturated rings. The lowest BCUT2D eigenvalue weighted by atomic mass is 9.63. The Morgan fingerprint density at radius 1 is 1.38 bits per heavy atom. The molecule has 0 aromatic rings. The molecular formula is C15H20O5S. The molecule has 2 saturated carbocycles. The van der Waals surface area contributed by atoms with Gasteiger partial charge in [0.05, 0.1) is 12.3 Å². The Hall–Kier alpha value is -1.04. The third-order valence-corrected chi connectivity index (χ3v) is 5.65. The number of rotatable bonds is 4. The van der Waals surface area contributed by atoms with Gasteiger partial charge in [0, 0.05) is 25.0 Å². The van der Waals surface area contributed by atoms with Crippen molar-refractivity contribution in [3.05, 3.63) is 0 Å². The average Bonchev–Trinajstić information content (AvgIpc) is 2.41. The van der Waals surface area contributed by atoms with Gasteiger partial charge in [0.25, 0.3) is 5.79 Å². The minimum absolute atomic E-state index is 0.00542. The van der Waals surface area contributed by atoms with E-state index in [-0.39, 0.29) is 35.3 Å². The van der Waals surface area contributed by atoms with Gasteiger partial charge in [0.15, 0.2) is 5.12 Å². The topological polar surface area (TPSA) is 69.7 Å². The third kappa shape index (κ3) is 2.96. The largest absolute Gasteiger partial charge is 0.422 e. The second-order valence-corrected chi connectivity index (χ2v) is 7.57. The maximum absolute atomic E-state index is 12.0. The zero-order valence-corrected chi connectivity index (χ0v) is 12.9. The summed E-state index contributed by atoms with van der Waals surface area (Å²) in [6.45, 7) is 1.47. The van der Waals surface area contributed by atoms with Crippen molar-refractivity contribution in [1.29, 1.82) is 0 Å². The lowest BCUT2D eigenvalue weighted by Gasteiger charge is -2.52. The van der Waals surface area contributed by atoms with Crippen LogP contribution in [-0.2, 0) is 23.9 Å². The smallest absolute Gasteiger partial charge is 0.312 e. The van der Waals surface area contributed by atoms with Crippen molar-refractivity contribution in [2.75, 3.05) is 5.75 Å². The normalized spacial score (nSPS) is 37.0. The van der Waals surface area contributed by atoms with Crippen LogP contribution in [0.5, 0.6) is 0 Å². The summed E-state index contributed by atoms with van der Waals surface area (Å²) in [6.07, 6.45) is 4.43. The monoisotopic (exact) mass is 312 g/mol. The molecule has 116 valence electrons. The fourth-order valence-electron chi connectivity index (χ4n) is 3.90. The molecule has 0 radical (unpaired) electrons. The number of fused-ring (bicyclic) bond motifs is 2. The first kappa shape index (κ1) is 14.9. The molecule has 6 heteroatoms. The van der Waals surface area contributed by atoms with Crippen molar-refractivity contribution in [2.24, 2.45) is 17.8 Å². The van der Waals surface area contributed by atoms with Crippen molar-refractivity contribution in [1.82, 2.24) is 0 Å². The van der Waals surface area contributed by atoms with Gasteiger partial charge in [-0.25, -0.2) is 0 Å². The minimum Gasteiger partial charge on any atom is -0.422 e. The molecule has 21 heavy (non-hydrogen) atoms. The SMILES string of the molecule is CC(=O)SCCC(=O)OC12CCC3CC(CC1C3)C(=O)O2. The van der Waals surface area contributed by atoms with Gasteiger partial charge < -0.3 is 9.47 Å². The molecule has 3 aliphatic rings. The Kier molecular flexibility index (Phi) is 3.99. The van der Waals surface area contributed by atoms with Crippen LogP contribution in [0.3, 0.4) is 0 Å². The predicted molar refractivity (Wildman–Crippen MR) is 76.2 cm³/mol. The number of hydrogen-bond donors (Lipinski definition) is 0. The molecule has 1 saturated heterocycles. The van der Waals surface area contributed by atoms with E-state index in [9.17, 15) is 14.4 Å². The molecule has 3 rings (SSSR count). The van der Waals surface area contributed by atoms with Crippen LogP contribution in [0, 0.1) is 17.8 Å². The van der Waals surface area contributed by atoms with Crippen LogP contribution in [0.1, 0.15) is 45.4 Å². The van der Waals surface area contributed by atoms with Gasteiger partial charge in [-0.3, -0.25) is 14.4 Å². The third-order valence-electron chi connectivity index (χ3n) is 4.83. The molecule has 0 spiro atoms. The summed E-state index contributed by atoms with van der Waals surface area (Å²) in [5.41, 5.74) is 0. The van der Waals surface area contributed by atoms with E-state index >= 15 is 0 Å². The zero-order chi connectivity index (χ0) is 15.0. The average molecular weight is 312 g/mol. The molecule has 1 heterocycles. The molecule has 0 N–H and O–H groups in total. The molecule has 4 atom stereocenters. The van der Waals surface area contributed by atoms with Crippen LogP contribution in [-0.4, -0.2) is 28.6 Å². The van der Waals surface area contributed by atoms with Gasteiger partial charge in [-0.05, 0) is 31.6 Å². The molecule has 2 aliphatic carbocycles. The first-order valence-electron chi connectivity index (χ1n) is 7.56. The highest BCUT2D eigenvalue weighted by molar-refractivity contribution is 8.13. The summed E-state index contributed by atoms with van der Waals surface area (Å²) in [7, 11) is 0. The fraction of sp³-hybridized carbons (Fsp3) is 0.800. The summed E-state index contributed by atoms with van der Waals surface area (Å²) < 4.78 is 11.2. The number of ether oxygens (including phenoxy) is 2. The van der Waals surface area contributed by atoms with Gasteiger partial charge >= 0.3 is 11.9 Å². The molecule has 3 bridgehead atoms. The van der Waals surface area contributed by atoms with Crippen molar-refractivity contribution in [2.45, 2.75) is 51.2 Å². The van der Waals surface area contributed by atoms with Crippen LogP contribution in [0.4, 0.5) is 0 Å². The van der Waals surface area contributed by atoms with E-state index in [0.717, 1.165) is 37.4 Å². The Morgan fingerprint density at radius 2 is 2.19 bits per heavy atom. The zero-order valence-electron chi connectivity index (χ0n) is 12.1. The van der Waals surface area contributed by atoms with Gasteiger partial charge in [0.2, 0.25) is 0 Å². The van der Waals surface area contributed by atoms with E-state index < -0.39 is 5.79 Å². The second-order valence-electron chi connectivity index (χ2n) is 6.30. The quantitative estimate of drug-likeness (QED) is 0.742. The van der Waals surface area contributed by atoms with E-state index in [4.69, 9.17) is 9.47 Å². The van der Waals surface area contributed by atoms with Crippen molar-refractivity contribution >= 4 is 28.8 Å². The van der Waals surface area contributed by atoms with Gasteiger partial charge in [0.1, 0.15) is 0 Å². The van der Waals surface area contributed by atoms with Crippen LogP contribution < -0.4 is 0 Å². The predicted octanol–water partition coefficient (Wildman–Crippen LogP) is 2.28. The van der Waals surface area contributed by atoms with E-state index in [1.807, 2.05) is 0 Å². The summed E-state index contributed by atoms with van der Waals surface area (Å²) in [5.74, 6) is -0.482. The highest BCUT2D eigenvalue weighted by atomic mass is 32.2. The first-order chi connectivity index (χ1) is 9.98. The molecule has 0 aromatic carbocycles. The lowest BCUT2D eigenvalue weighted by molar-refractivity contribution is -0.288. The minimum atomic E-state index is -1.03. The summed E-state index contributed by atoms with van der Waals surface area (Å²) in [5, 5.41) is -0.0133. The molecule has 1 aliphatic heterocycles. The fourth-order valence-corrected chi connectivity index (χ4v) is 4.45.